The highest BCUT2D eigenvalue weighted by atomic mass is 16.7. The molecule has 4 aliphatic heterocycles. The number of fused-ring (bicyclic) bond motifs is 2. The van der Waals surface area contributed by atoms with Crippen molar-refractivity contribution in [1.29, 1.82) is 0 Å². The summed E-state index contributed by atoms with van der Waals surface area (Å²) in [7, 11) is 0. The molecule has 0 aromatic heterocycles. The number of hydrogen-bond acceptors (Lipinski definition) is 8. The molecule has 6 rings (SSSR count). The summed E-state index contributed by atoms with van der Waals surface area (Å²) in [6.45, 7) is 2.43. The number of ether oxygens (including phenoxy) is 6. The van der Waals surface area contributed by atoms with Crippen LogP contribution < -0.4 is 18.9 Å². The van der Waals surface area contributed by atoms with Crippen molar-refractivity contribution in [2.45, 2.75) is 18.6 Å². The molecule has 0 saturated carbocycles. The molecular formula is C25H23NO8. The van der Waals surface area contributed by atoms with Crippen molar-refractivity contribution in [3.63, 3.8) is 0 Å². The summed E-state index contributed by atoms with van der Waals surface area (Å²) >= 11 is 0. The Morgan fingerprint density at radius 3 is 2.62 bits per heavy atom. The van der Waals surface area contributed by atoms with Crippen molar-refractivity contribution in [1.82, 2.24) is 4.90 Å². The molecule has 0 N–H and O–H groups in total. The lowest BCUT2D eigenvalue weighted by Gasteiger charge is -2.37. The maximum absolute atomic E-state index is 12.8. The van der Waals surface area contributed by atoms with Crippen LogP contribution in [0.5, 0.6) is 23.0 Å². The van der Waals surface area contributed by atoms with E-state index < -0.39 is 5.79 Å². The minimum Gasteiger partial charge on any atom is -0.484 e. The molecule has 9 heteroatoms. The van der Waals surface area contributed by atoms with Crippen LogP contribution in [0.4, 0.5) is 0 Å². The number of Topliss-reactive ketones (excluding diaryl/α,β-unsaturated/α-hetero) is 1. The predicted molar refractivity (Wildman–Crippen MR) is 118 cm³/mol. The zero-order valence-corrected chi connectivity index (χ0v) is 18.4. The van der Waals surface area contributed by atoms with E-state index in [1.807, 2.05) is 6.07 Å². The van der Waals surface area contributed by atoms with E-state index in [9.17, 15) is 9.59 Å². The number of ketones is 1. The highest BCUT2D eigenvalue weighted by Gasteiger charge is 2.40. The van der Waals surface area contributed by atoms with E-state index >= 15 is 0 Å². The molecule has 4 heterocycles. The Morgan fingerprint density at radius 1 is 1.00 bits per heavy atom. The third kappa shape index (κ3) is 3.86. The SMILES string of the molecule is O=C1C(=Cc2ccc3c(c2)OCO3)Oc2cc(OCC(=O)N3CCC4(CC3)OCCO4)ccc21. The van der Waals surface area contributed by atoms with Crippen molar-refractivity contribution < 1.29 is 38.0 Å². The van der Waals surface area contributed by atoms with E-state index in [4.69, 9.17) is 28.4 Å². The molecule has 0 unspecified atom stereocenters. The minimum absolute atomic E-state index is 0.0959. The number of allylic oxidation sites excluding steroid dienone is 1. The Kier molecular flexibility index (Phi) is 5.15. The average molecular weight is 465 g/mol. The molecule has 2 saturated heterocycles. The average Bonchev–Trinajstić information content (AvgIpc) is 3.58. The maximum atomic E-state index is 12.8. The van der Waals surface area contributed by atoms with Gasteiger partial charge in [-0.3, -0.25) is 9.59 Å². The molecule has 1 amide bonds. The Hall–Kier alpha value is -3.56. The van der Waals surface area contributed by atoms with E-state index in [-0.39, 0.29) is 30.8 Å². The van der Waals surface area contributed by atoms with Gasteiger partial charge in [0.1, 0.15) is 11.5 Å². The number of hydrogen-bond donors (Lipinski definition) is 0. The molecule has 0 atom stereocenters. The molecule has 4 aliphatic rings. The summed E-state index contributed by atoms with van der Waals surface area (Å²) in [4.78, 5) is 27.1. The van der Waals surface area contributed by atoms with Crippen LogP contribution in [0, 0.1) is 0 Å². The van der Waals surface area contributed by atoms with Crippen LogP contribution in [0.1, 0.15) is 28.8 Å². The largest absolute Gasteiger partial charge is 0.484 e. The van der Waals surface area contributed by atoms with Gasteiger partial charge in [0.2, 0.25) is 12.6 Å². The smallest absolute Gasteiger partial charge is 0.260 e. The van der Waals surface area contributed by atoms with E-state index in [1.54, 1.807) is 41.3 Å². The van der Waals surface area contributed by atoms with Gasteiger partial charge in [-0.15, -0.1) is 0 Å². The summed E-state index contributed by atoms with van der Waals surface area (Å²) in [5.41, 5.74) is 1.21. The number of nitrogens with zero attached hydrogens (tertiary/aromatic N) is 1. The number of rotatable bonds is 4. The van der Waals surface area contributed by atoms with Crippen molar-refractivity contribution in [2.75, 3.05) is 39.7 Å². The molecule has 0 radical (unpaired) electrons. The Morgan fingerprint density at radius 2 is 1.79 bits per heavy atom. The van der Waals surface area contributed by atoms with Crippen LogP contribution in [-0.4, -0.2) is 62.1 Å². The number of piperidine rings is 1. The first-order chi connectivity index (χ1) is 16.6. The van der Waals surface area contributed by atoms with Crippen LogP contribution in [0.2, 0.25) is 0 Å². The second kappa shape index (κ2) is 8.34. The molecule has 2 fully saturated rings. The van der Waals surface area contributed by atoms with Gasteiger partial charge in [0, 0.05) is 32.0 Å². The number of likely N-dealkylation sites (tertiary alicyclic amines) is 1. The molecular weight excluding hydrogens is 442 g/mol. The number of carbonyl (C=O) groups is 2. The summed E-state index contributed by atoms with van der Waals surface area (Å²) in [6, 6.07) is 10.4. The molecule has 1 spiro atoms. The lowest BCUT2D eigenvalue weighted by Crippen LogP contribution is -2.48. The van der Waals surface area contributed by atoms with Gasteiger partial charge in [0.25, 0.3) is 5.91 Å². The maximum Gasteiger partial charge on any atom is 0.260 e. The fraction of sp³-hybridized carbons (Fsp3) is 0.360. The van der Waals surface area contributed by atoms with E-state index in [0.717, 1.165) is 5.56 Å². The Labute approximate surface area is 195 Å². The summed E-state index contributed by atoms with van der Waals surface area (Å²) < 4.78 is 33.6. The highest BCUT2D eigenvalue weighted by Crippen LogP contribution is 2.37. The van der Waals surface area contributed by atoms with E-state index in [1.165, 1.54) is 0 Å². The van der Waals surface area contributed by atoms with Gasteiger partial charge in [0.15, 0.2) is 29.7 Å². The normalized spacial score (nSPS) is 21.1. The lowest BCUT2D eigenvalue weighted by atomic mass is 10.0. The topological polar surface area (TPSA) is 92.8 Å². The third-order valence-electron chi connectivity index (χ3n) is 6.39. The van der Waals surface area contributed by atoms with Crippen molar-refractivity contribution in [3.05, 3.63) is 53.3 Å². The van der Waals surface area contributed by atoms with Crippen molar-refractivity contribution >= 4 is 17.8 Å². The van der Waals surface area contributed by atoms with Crippen LogP contribution >= 0.6 is 0 Å². The fourth-order valence-electron chi connectivity index (χ4n) is 4.53. The first-order valence-electron chi connectivity index (χ1n) is 11.3. The molecule has 34 heavy (non-hydrogen) atoms. The van der Waals surface area contributed by atoms with Crippen molar-refractivity contribution in [2.24, 2.45) is 0 Å². The third-order valence-corrected chi connectivity index (χ3v) is 6.39. The van der Waals surface area contributed by atoms with Gasteiger partial charge < -0.3 is 33.3 Å². The fourth-order valence-corrected chi connectivity index (χ4v) is 4.53. The van der Waals surface area contributed by atoms with Gasteiger partial charge >= 0.3 is 0 Å². The summed E-state index contributed by atoms with van der Waals surface area (Å²) in [5.74, 6) is 1.53. The molecule has 176 valence electrons. The second-order valence-electron chi connectivity index (χ2n) is 8.49. The summed E-state index contributed by atoms with van der Waals surface area (Å²) in [6.07, 6.45) is 2.98. The van der Waals surface area contributed by atoms with Crippen LogP contribution in [-0.2, 0) is 14.3 Å². The van der Waals surface area contributed by atoms with Crippen molar-refractivity contribution in [3.8, 4) is 23.0 Å². The quantitative estimate of drug-likeness (QED) is 0.637. The monoisotopic (exact) mass is 465 g/mol. The standard InChI is InChI=1S/C25H23NO8/c27-23(26-7-5-25(6-8-26)32-9-10-33-25)14-29-17-2-3-18-20(13-17)34-22(24(18)28)12-16-1-4-19-21(11-16)31-15-30-19/h1-4,11-13H,5-10,14-15H2. The first kappa shape index (κ1) is 21.0. The molecule has 0 aliphatic carbocycles. The van der Waals surface area contributed by atoms with Crippen LogP contribution in [0.25, 0.3) is 6.08 Å². The van der Waals surface area contributed by atoms with E-state index in [0.29, 0.717) is 67.7 Å². The number of amides is 1. The first-order valence-corrected chi connectivity index (χ1v) is 11.3. The van der Waals surface area contributed by atoms with Gasteiger partial charge in [-0.25, -0.2) is 0 Å². The summed E-state index contributed by atoms with van der Waals surface area (Å²) in [5, 5.41) is 0. The molecule has 0 bridgehead atoms. The highest BCUT2D eigenvalue weighted by molar-refractivity contribution is 6.14. The second-order valence-corrected chi connectivity index (χ2v) is 8.49. The predicted octanol–water partition coefficient (Wildman–Crippen LogP) is 2.78. The molecule has 9 nitrogen and oxygen atoms in total. The van der Waals surface area contributed by atoms with Gasteiger partial charge in [-0.2, -0.15) is 0 Å². The van der Waals surface area contributed by atoms with Gasteiger partial charge in [-0.1, -0.05) is 6.07 Å². The molecule has 2 aromatic rings. The van der Waals surface area contributed by atoms with Gasteiger partial charge in [-0.05, 0) is 35.9 Å². The Balaban J connectivity index is 1.08. The van der Waals surface area contributed by atoms with Crippen LogP contribution in [0.3, 0.4) is 0 Å². The molecule has 2 aromatic carbocycles. The number of benzene rings is 2. The zero-order valence-electron chi connectivity index (χ0n) is 18.4. The van der Waals surface area contributed by atoms with Gasteiger partial charge in [0.05, 0.1) is 18.8 Å². The lowest BCUT2D eigenvalue weighted by molar-refractivity contribution is -0.187. The zero-order chi connectivity index (χ0) is 23.1. The number of carbonyl (C=O) groups excluding carboxylic acids is 2. The van der Waals surface area contributed by atoms with Crippen LogP contribution in [0.15, 0.2) is 42.2 Å². The van der Waals surface area contributed by atoms with E-state index in [2.05, 4.69) is 0 Å². The minimum atomic E-state index is -0.521. The Bertz CT molecular complexity index is 1170.